The molecule has 1 rings (SSSR count). The number of aliphatic hydroxyl groups is 1. The average Bonchev–Trinajstić information content (AvgIpc) is 2.60. The molecular weight excluding hydrogens is 278 g/mol. The van der Waals surface area contributed by atoms with Gasteiger partial charge in [0.2, 0.25) is 5.91 Å². The molecule has 1 amide bonds. The van der Waals surface area contributed by atoms with E-state index in [1.807, 2.05) is 19.1 Å². The van der Waals surface area contributed by atoms with Crippen LogP contribution in [0.4, 0.5) is 0 Å². The zero-order chi connectivity index (χ0) is 11.3. The molecule has 1 unspecified atom stereocenters. The molecule has 0 saturated carbocycles. The number of carbonyl (C=O) groups excluding carboxylic acids is 1. The Balaban J connectivity index is 2.30. The lowest BCUT2D eigenvalue weighted by Crippen LogP contribution is -2.30. The highest BCUT2D eigenvalue weighted by atomic mass is 79.9. The number of hydrogen-bond donors (Lipinski definition) is 2. The fraction of sp³-hybridized carbons (Fsp3) is 0.500. The molecule has 5 heteroatoms. The molecule has 0 saturated heterocycles. The van der Waals surface area contributed by atoms with Gasteiger partial charge < -0.3 is 10.4 Å². The van der Waals surface area contributed by atoms with E-state index in [-0.39, 0.29) is 18.4 Å². The van der Waals surface area contributed by atoms with Crippen LogP contribution >= 0.6 is 27.3 Å². The summed E-state index contributed by atoms with van der Waals surface area (Å²) in [6.45, 7) is 2.52. The van der Waals surface area contributed by atoms with E-state index >= 15 is 0 Å². The van der Waals surface area contributed by atoms with Crippen LogP contribution in [-0.2, 0) is 11.2 Å². The second kappa shape index (κ2) is 6.25. The minimum absolute atomic E-state index is 0.00431. The van der Waals surface area contributed by atoms with Crippen LogP contribution in [0.1, 0.15) is 11.8 Å². The summed E-state index contributed by atoms with van der Waals surface area (Å²) in [7, 11) is 0. The number of halogens is 1. The van der Waals surface area contributed by atoms with E-state index in [2.05, 4.69) is 21.2 Å². The number of hydrogen-bond acceptors (Lipinski definition) is 3. The van der Waals surface area contributed by atoms with Crippen molar-refractivity contribution in [2.24, 2.45) is 5.92 Å². The lowest BCUT2D eigenvalue weighted by molar-refractivity contribution is -0.120. The predicted octanol–water partition coefficient (Wildman–Crippen LogP) is 1.80. The van der Waals surface area contributed by atoms with E-state index in [0.29, 0.717) is 13.0 Å². The average molecular weight is 292 g/mol. The van der Waals surface area contributed by atoms with Crippen molar-refractivity contribution in [2.45, 2.75) is 13.3 Å². The largest absolute Gasteiger partial charge is 0.396 e. The number of rotatable bonds is 5. The van der Waals surface area contributed by atoms with Crippen molar-refractivity contribution in [3.05, 3.63) is 20.8 Å². The van der Waals surface area contributed by atoms with Gasteiger partial charge in [-0.1, -0.05) is 6.92 Å². The van der Waals surface area contributed by atoms with Crippen molar-refractivity contribution in [1.29, 1.82) is 0 Å². The molecule has 84 valence electrons. The van der Waals surface area contributed by atoms with Crippen molar-refractivity contribution < 1.29 is 9.90 Å². The maximum atomic E-state index is 11.4. The van der Waals surface area contributed by atoms with Crippen molar-refractivity contribution in [1.82, 2.24) is 5.32 Å². The van der Waals surface area contributed by atoms with Crippen LogP contribution in [0.3, 0.4) is 0 Å². The van der Waals surface area contributed by atoms with Gasteiger partial charge in [-0.05, 0) is 34.0 Å². The first-order valence-electron chi connectivity index (χ1n) is 4.73. The van der Waals surface area contributed by atoms with Crippen LogP contribution in [0.5, 0.6) is 0 Å². The first kappa shape index (κ1) is 12.7. The molecule has 1 aromatic rings. The highest BCUT2D eigenvalue weighted by Crippen LogP contribution is 2.22. The molecule has 0 spiro atoms. The monoisotopic (exact) mass is 291 g/mol. The molecule has 0 aliphatic heterocycles. The summed E-state index contributed by atoms with van der Waals surface area (Å²) in [6, 6.07) is 3.87. The van der Waals surface area contributed by atoms with Gasteiger partial charge in [0.15, 0.2) is 0 Å². The number of amides is 1. The van der Waals surface area contributed by atoms with Gasteiger partial charge in [0.25, 0.3) is 0 Å². The Morgan fingerprint density at radius 2 is 2.40 bits per heavy atom. The van der Waals surface area contributed by atoms with Gasteiger partial charge in [-0.15, -0.1) is 11.3 Å². The van der Waals surface area contributed by atoms with E-state index in [9.17, 15) is 4.79 Å². The minimum atomic E-state index is 0.00431. The highest BCUT2D eigenvalue weighted by molar-refractivity contribution is 9.11. The Morgan fingerprint density at radius 1 is 1.67 bits per heavy atom. The quantitative estimate of drug-likeness (QED) is 0.869. The molecule has 1 heterocycles. The van der Waals surface area contributed by atoms with Gasteiger partial charge in [-0.25, -0.2) is 0 Å². The highest BCUT2D eigenvalue weighted by Gasteiger charge is 2.07. The third kappa shape index (κ3) is 4.77. The molecule has 3 nitrogen and oxygen atoms in total. The van der Waals surface area contributed by atoms with Gasteiger partial charge in [0, 0.05) is 18.0 Å². The number of nitrogens with one attached hydrogen (secondary N) is 1. The van der Waals surface area contributed by atoms with E-state index in [1.165, 1.54) is 0 Å². The molecule has 0 aliphatic rings. The van der Waals surface area contributed by atoms with Crippen LogP contribution in [0, 0.1) is 5.92 Å². The zero-order valence-electron chi connectivity index (χ0n) is 8.50. The predicted molar refractivity (Wildman–Crippen MR) is 65.0 cm³/mol. The number of thiophene rings is 1. The van der Waals surface area contributed by atoms with Crippen molar-refractivity contribution in [3.8, 4) is 0 Å². The van der Waals surface area contributed by atoms with E-state index in [0.717, 1.165) is 8.66 Å². The Bertz CT molecular complexity index is 327. The van der Waals surface area contributed by atoms with E-state index in [1.54, 1.807) is 11.3 Å². The summed E-state index contributed by atoms with van der Waals surface area (Å²) in [6.07, 6.45) is 0.411. The van der Waals surface area contributed by atoms with Gasteiger partial charge in [0.05, 0.1) is 10.2 Å². The van der Waals surface area contributed by atoms with Crippen molar-refractivity contribution in [2.75, 3.05) is 13.2 Å². The molecule has 0 bridgehead atoms. The number of aliphatic hydroxyl groups excluding tert-OH is 1. The third-order valence-corrected chi connectivity index (χ3v) is 3.55. The van der Waals surface area contributed by atoms with Crippen molar-refractivity contribution >= 4 is 33.2 Å². The van der Waals surface area contributed by atoms with Gasteiger partial charge in [-0.2, -0.15) is 0 Å². The molecule has 0 fully saturated rings. The standard InChI is InChI=1S/C10H14BrNO2S/c1-7(6-13)5-12-10(14)4-8-2-3-9(11)15-8/h2-3,7,13H,4-6H2,1H3,(H,12,14). The summed E-state index contributed by atoms with van der Waals surface area (Å²) >= 11 is 4.91. The van der Waals surface area contributed by atoms with Crippen LogP contribution < -0.4 is 5.32 Å². The fourth-order valence-corrected chi connectivity index (χ4v) is 2.50. The fourth-order valence-electron chi connectivity index (χ4n) is 1.02. The van der Waals surface area contributed by atoms with Crippen LogP contribution in [0.25, 0.3) is 0 Å². The maximum Gasteiger partial charge on any atom is 0.225 e. The molecule has 2 N–H and O–H groups in total. The first-order chi connectivity index (χ1) is 7.11. The minimum Gasteiger partial charge on any atom is -0.396 e. The van der Waals surface area contributed by atoms with Gasteiger partial charge in [0.1, 0.15) is 0 Å². The smallest absolute Gasteiger partial charge is 0.225 e. The first-order valence-corrected chi connectivity index (χ1v) is 6.34. The Labute approximate surface area is 102 Å². The topological polar surface area (TPSA) is 49.3 Å². The van der Waals surface area contributed by atoms with Crippen LogP contribution in [0.2, 0.25) is 0 Å². The lowest BCUT2D eigenvalue weighted by Gasteiger charge is -2.08. The SMILES string of the molecule is CC(CO)CNC(=O)Cc1ccc(Br)s1. The Kier molecular flexibility index (Phi) is 5.28. The molecular formula is C10H14BrNO2S. The molecule has 15 heavy (non-hydrogen) atoms. The molecule has 1 atom stereocenters. The zero-order valence-corrected chi connectivity index (χ0v) is 10.9. The second-order valence-electron chi connectivity index (χ2n) is 3.47. The summed E-state index contributed by atoms with van der Waals surface area (Å²) in [5, 5.41) is 11.6. The lowest BCUT2D eigenvalue weighted by atomic mass is 10.2. The summed E-state index contributed by atoms with van der Waals surface area (Å²) in [4.78, 5) is 12.5. The van der Waals surface area contributed by atoms with Gasteiger partial charge in [-0.3, -0.25) is 4.79 Å². The molecule has 0 aromatic carbocycles. The van der Waals surface area contributed by atoms with Crippen LogP contribution in [0.15, 0.2) is 15.9 Å². The maximum absolute atomic E-state index is 11.4. The van der Waals surface area contributed by atoms with Crippen molar-refractivity contribution in [3.63, 3.8) is 0 Å². The number of carbonyl (C=O) groups is 1. The summed E-state index contributed by atoms with van der Waals surface area (Å²) in [5.74, 6) is 0.119. The molecule has 0 aliphatic carbocycles. The van der Waals surface area contributed by atoms with E-state index in [4.69, 9.17) is 5.11 Å². The third-order valence-electron chi connectivity index (χ3n) is 1.92. The molecule has 0 radical (unpaired) electrons. The van der Waals surface area contributed by atoms with Gasteiger partial charge >= 0.3 is 0 Å². The Morgan fingerprint density at radius 3 is 2.93 bits per heavy atom. The van der Waals surface area contributed by atoms with E-state index < -0.39 is 0 Å². The van der Waals surface area contributed by atoms with Crippen LogP contribution in [-0.4, -0.2) is 24.2 Å². The summed E-state index contributed by atoms with van der Waals surface area (Å²) < 4.78 is 1.04. The normalized spacial score (nSPS) is 12.5. The Hall–Kier alpha value is -0.390. The second-order valence-corrected chi connectivity index (χ2v) is 6.02. The summed E-state index contributed by atoms with van der Waals surface area (Å²) in [5.41, 5.74) is 0. The molecule has 1 aromatic heterocycles.